The van der Waals surface area contributed by atoms with Crippen molar-refractivity contribution in [1.82, 2.24) is 15.0 Å². The van der Waals surface area contributed by atoms with Crippen LogP contribution in [0.3, 0.4) is 0 Å². The maximum Gasteiger partial charge on any atom is 0.233 e. The highest BCUT2D eigenvalue weighted by molar-refractivity contribution is 9.10. The molecule has 2 rings (SSSR count). The van der Waals surface area contributed by atoms with Crippen LogP contribution in [0.25, 0.3) is 0 Å². The molecule has 0 fully saturated rings. The molecule has 0 bridgehead atoms. The molecular formula is C12H13BrClN5O. The maximum atomic E-state index is 5.87. The number of methoxy groups -OCH3 is 1. The first-order chi connectivity index (χ1) is 9.62. The lowest BCUT2D eigenvalue weighted by Crippen LogP contribution is -2.07. The molecule has 2 N–H and O–H groups in total. The summed E-state index contributed by atoms with van der Waals surface area (Å²) in [7, 11) is 1.60. The van der Waals surface area contributed by atoms with Crippen LogP contribution >= 0.6 is 27.5 Å². The van der Waals surface area contributed by atoms with Crippen LogP contribution in [0.4, 0.5) is 17.6 Å². The Bertz CT molecular complexity index is 610. The first-order valence-corrected chi connectivity index (χ1v) is 7.05. The number of ether oxygens (including phenoxy) is 1. The van der Waals surface area contributed by atoms with E-state index in [0.717, 1.165) is 10.2 Å². The number of nitrogens with one attached hydrogen (secondary N) is 2. The highest BCUT2D eigenvalue weighted by Gasteiger charge is 2.08. The topological polar surface area (TPSA) is 72.0 Å². The summed E-state index contributed by atoms with van der Waals surface area (Å²) in [6.07, 6.45) is 0. The molecule has 0 aliphatic rings. The van der Waals surface area contributed by atoms with E-state index in [4.69, 9.17) is 16.3 Å². The molecule has 0 amide bonds. The molecule has 0 atom stereocenters. The first kappa shape index (κ1) is 14.8. The summed E-state index contributed by atoms with van der Waals surface area (Å²) in [6.45, 7) is 2.64. The number of aromatic nitrogens is 3. The van der Waals surface area contributed by atoms with Gasteiger partial charge in [0.15, 0.2) is 0 Å². The zero-order valence-electron chi connectivity index (χ0n) is 10.9. The van der Waals surface area contributed by atoms with Crippen LogP contribution in [-0.4, -0.2) is 28.6 Å². The smallest absolute Gasteiger partial charge is 0.233 e. The summed E-state index contributed by atoms with van der Waals surface area (Å²) in [4.78, 5) is 12.2. The molecule has 0 aliphatic carbocycles. The average molecular weight is 359 g/mol. The Morgan fingerprint density at radius 2 is 2.00 bits per heavy atom. The largest absolute Gasteiger partial charge is 0.495 e. The monoisotopic (exact) mass is 357 g/mol. The lowest BCUT2D eigenvalue weighted by Gasteiger charge is -2.11. The van der Waals surface area contributed by atoms with Crippen molar-refractivity contribution >= 4 is 45.1 Å². The molecule has 1 aromatic carbocycles. The summed E-state index contributed by atoms with van der Waals surface area (Å²) >= 11 is 9.28. The normalized spacial score (nSPS) is 10.2. The number of anilines is 3. The van der Waals surface area contributed by atoms with Crippen molar-refractivity contribution in [3.05, 3.63) is 28.0 Å². The molecule has 0 unspecified atom stereocenters. The standard InChI is InChI=1S/C12H13BrClN5O/c1-3-15-11-17-10(14)18-12(19-11)16-8-6-7(13)4-5-9(8)20-2/h4-6H,3H2,1-2H3,(H2,15,16,17,18,19). The van der Waals surface area contributed by atoms with Gasteiger partial charge < -0.3 is 15.4 Å². The van der Waals surface area contributed by atoms with Crippen molar-refractivity contribution in [3.8, 4) is 5.75 Å². The predicted octanol–water partition coefficient (Wildman–Crippen LogP) is 3.47. The summed E-state index contributed by atoms with van der Waals surface area (Å²) < 4.78 is 6.19. The van der Waals surface area contributed by atoms with Gasteiger partial charge in [0.2, 0.25) is 17.2 Å². The van der Waals surface area contributed by atoms with Crippen LogP contribution in [0, 0.1) is 0 Å². The van der Waals surface area contributed by atoms with Gasteiger partial charge in [0.25, 0.3) is 0 Å². The van der Waals surface area contributed by atoms with Crippen molar-refractivity contribution < 1.29 is 4.74 Å². The van der Waals surface area contributed by atoms with Crippen molar-refractivity contribution in [3.63, 3.8) is 0 Å². The highest BCUT2D eigenvalue weighted by Crippen LogP contribution is 2.30. The molecule has 1 aromatic heterocycles. The van der Waals surface area contributed by atoms with E-state index in [-0.39, 0.29) is 5.28 Å². The van der Waals surface area contributed by atoms with E-state index in [1.165, 1.54) is 0 Å². The lowest BCUT2D eigenvalue weighted by atomic mass is 10.3. The fourth-order valence-corrected chi connectivity index (χ4v) is 2.06. The summed E-state index contributed by atoms with van der Waals surface area (Å²) in [5.41, 5.74) is 0.728. The summed E-state index contributed by atoms with van der Waals surface area (Å²) in [5, 5.41) is 6.17. The van der Waals surface area contributed by atoms with Gasteiger partial charge in [0.05, 0.1) is 12.8 Å². The van der Waals surface area contributed by atoms with Gasteiger partial charge in [0, 0.05) is 11.0 Å². The van der Waals surface area contributed by atoms with Crippen molar-refractivity contribution in [2.75, 3.05) is 24.3 Å². The number of rotatable bonds is 5. The third kappa shape index (κ3) is 3.71. The minimum atomic E-state index is 0.118. The van der Waals surface area contributed by atoms with Gasteiger partial charge in [-0.1, -0.05) is 15.9 Å². The molecule has 0 saturated carbocycles. The van der Waals surface area contributed by atoms with Gasteiger partial charge in [-0.3, -0.25) is 0 Å². The number of benzene rings is 1. The Morgan fingerprint density at radius 1 is 1.25 bits per heavy atom. The summed E-state index contributed by atoms with van der Waals surface area (Å²) in [5.74, 6) is 1.44. The third-order valence-electron chi connectivity index (χ3n) is 2.35. The van der Waals surface area contributed by atoms with Crippen molar-refractivity contribution in [1.29, 1.82) is 0 Å². The van der Waals surface area contributed by atoms with Gasteiger partial charge in [-0.15, -0.1) is 0 Å². The maximum absolute atomic E-state index is 5.87. The Balaban J connectivity index is 2.31. The Morgan fingerprint density at radius 3 is 2.70 bits per heavy atom. The first-order valence-electron chi connectivity index (χ1n) is 5.88. The van der Waals surface area contributed by atoms with Crippen LogP contribution in [0.15, 0.2) is 22.7 Å². The SMILES string of the molecule is CCNc1nc(Cl)nc(Nc2cc(Br)ccc2OC)n1. The summed E-state index contributed by atoms with van der Waals surface area (Å²) in [6, 6.07) is 5.58. The molecule has 0 saturated heterocycles. The number of hydrogen-bond acceptors (Lipinski definition) is 6. The molecule has 6 nitrogen and oxygen atoms in total. The van der Waals surface area contributed by atoms with Crippen LogP contribution in [0.2, 0.25) is 5.28 Å². The molecule has 2 aromatic rings. The highest BCUT2D eigenvalue weighted by atomic mass is 79.9. The number of nitrogens with zero attached hydrogens (tertiary/aromatic N) is 3. The van der Waals surface area contributed by atoms with E-state index in [2.05, 4.69) is 41.5 Å². The Labute approximate surface area is 130 Å². The molecule has 1 heterocycles. The third-order valence-corrected chi connectivity index (χ3v) is 3.01. The van der Waals surface area contributed by atoms with E-state index in [1.807, 2.05) is 25.1 Å². The van der Waals surface area contributed by atoms with E-state index in [1.54, 1.807) is 7.11 Å². The zero-order chi connectivity index (χ0) is 14.5. The van der Waals surface area contributed by atoms with Crippen LogP contribution in [-0.2, 0) is 0 Å². The zero-order valence-corrected chi connectivity index (χ0v) is 13.3. The molecule has 20 heavy (non-hydrogen) atoms. The van der Waals surface area contributed by atoms with Crippen molar-refractivity contribution in [2.24, 2.45) is 0 Å². The predicted molar refractivity (Wildman–Crippen MR) is 83.0 cm³/mol. The number of hydrogen-bond donors (Lipinski definition) is 2. The van der Waals surface area contributed by atoms with Crippen LogP contribution < -0.4 is 15.4 Å². The molecule has 0 aliphatic heterocycles. The quantitative estimate of drug-likeness (QED) is 0.852. The lowest BCUT2D eigenvalue weighted by molar-refractivity contribution is 0.416. The molecule has 8 heteroatoms. The minimum Gasteiger partial charge on any atom is -0.495 e. The van der Waals surface area contributed by atoms with Gasteiger partial charge >= 0.3 is 0 Å². The molecule has 106 valence electrons. The van der Waals surface area contributed by atoms with Crippen molar-refractivity contribution in [2.45, 2.75) is 6.92 Å². The Hall–Kier alpha value is -1.60. The van der Waals surface area contributed by atoms with Gasteiger partial charge in [-0.05, 0) is 36.7 Å². The average Bonchev–Trinajstić information content (AvgIpc) is 2.38. The van der Waals surface area contributed by atoms with E-state index in [0.29, 0.717) is 24.2 Å². The second-order valence-electron chi connectivity index (χ2n) is 3.75. The second kappa shape index (κ2) is 6.71. The fourth-order valence-electron chi connectivity index (χ4n) is 1.54. The van der Waals surface area contributed by atoms with Crippen LogP contribution in [0.1, 0.15) is 6.92 Å². The molecule has 0 radical (unpaired) electrons. The second-order valence-corrected chi connectivity index (χ2v) is 5.01. The van der Waals surface area contributed by atoms with E-state index < -0.39 is 0 Å². The van der Waals surface area contributed by atoms with Gasteiger partial charge in [-0.2, -0.15) is 15.0 Å². The number of halogens is 2. The van der Waals surface area contributed by atoms with Gasteiger partial charge in [0.1, 0.15) is 5.75 Å². The Kier molecular flexibility index (Phi) is 4.97. The minimum absolute atomic E-state index is 0.118. The fraction of sp³-hybridized carbons (Fsp3) is 0.250. The molecular weight excluding hydrogens is 346 g/mol. The van der Waals surface area contributed by atoms with Gasteiger partial charge in [-0.25, -0.2) is 0 Å². The van der Waals surface area contributed by atoms with Crippen LogP contribution in [0.5, 0.6) is 5.75 Å². The molecule has 0 spiro atoms. The van der Waals surface area contributed by atoms with E-state index in [9.17, 15) is 0 Å². The van der Waals surface area contributed by atoms with E-state index >= 15 is 0 Å².